The number of likely N-dealkylation sites (tertiary alicyclic amines) is 1. The van der Waals surface area contributed by atoms with Gasteiger partial charge >= 0.3 is 0 Å². The summed E-state index contributed by atoms with van der Waals surface area (Å²) in [6.45, 7) is 4.83. The number of hydrogen-bond acceptors (Lipinski definition) is 3. The topological polar surface area (TPSA) is 52.6 Å². The van der Waals surface area contributed by atoms with Crippen LogP contribution in [0.5, 0.6) is 0 Å². The van der Waals surface area contributed by atoms with E-state index in [4.69, 9.17) is 0 Å². The van der Waals surface area contributed by atoms with Crippen LogP contribution in [0, 0.1) is 12.7 Å². The number of hydrogen-bond donors (Lipinski definition) is 2. The predicted molar refractivity (Wildman–Crippen MR) is 71.4 cm³/mol. The molecule has 0 radical (unpaired) electrons. The van der Waals surface area contributed by atoms with E-state index in [1.165, 1.54) is 12.1 Å². The number of carbonyl (C=O) groups excluding carboxylic acids is 1. The molecule has 0 aromatic heterocycles. The second-order valence-corrected chi connectivity index (χ2v) is 5.06. The summed E-state index contributed by atoms with van der Waals surface area (Å²) in [6.07, 6.45) is 0.336. The van der Waals surface area contributed by atoms with Gasteiger partial charge in [-0.2, -0.15) is 0 Å². The Morgan fingerprint density at radius 2 is 2.32 bits per heavy atom. The molecule has 1 unspecified atom stereocenters. The average molecular weight is 266 g/mol. The largest absolute Gasteiger partial charge is 0.392 e. The number of rotatable bonds is 3. The number of anilines is 1. The summed E-state index contributed by atoms with van der Waals surface area (Å²) in [5.74, 6) is -0.548. The monoisotopic (exact) mass is 266 g/mol. The molecule has 1 amide bonds. The third-order valence-corrected chi connectivity index (χ3v) is 3.58. The van der Waals surface area contributed by atoms with Crippen LogP contribution in [0.15, 0.2) is 18.2 Å². The maximum absolute atomic E-state index is 13.2. The summed E-state index contributed by atoms with van der Waals surface area (Å²) in [7, 11) is 0. The van der Waals surface area contributed by atoms with Crippen molar-refractivity contribution < 1.29 is 14.3 Å². The molecule has 2 N–H and O–H groups in total. The number of amides is 1. The van der Waals surface area contributed by atoms with Crippen LogP contribution in [0.1, 0.15) is 18.9 Å². The van der Waals surface area contributed by atoms with E-state index in [2.05, 4.69) is 5.32 Å². The number of carbonyl (C=O) groups is 1. The first-order chi connectivity index (χ1) is 8.97. The van der Waals surface area contributed by atoms with Gasteiger partial charge < -0.3 is 10.4 Å². The Bertz CT molecular complexity index is 479. The summed E-state index contributed by atoms with van der Waals surface area (Å²) in [4.78, 5) is 14.0. The van der Waals surface area contributed by atoms with E-state index in [1.807, 2.05) is 11.8 Å². The summed E-state index contributed by atoms with van der Waals surface area (Å²) in [5, 5.41) is 12.2. The maximum atomic E-state index is 13.2. The fraction of sp³-hybridized carbons (Fsp3) is 0.500. The van der Waals surface area contributed by atoms with Crippen LogP contribution >= 0.6 is 0 Å². The van der Waals surface area contributed by atoms with E-state index >= 15 is 0 Å². The molecule has 1 aromatic carbocycles. The molecule has 1 aliphatic rings. The van der Waals surface area contributed by atoms with E-state index in [0.29, 0.717) is 25.2 Å². The van der Waals surface area contributed by atoms with Crippen molar-refractivity contribution in [2.24, 2.45) is 0 Å². The Hall–Kier alpha value is -1.46. The SMILES string of the molecule is Cc1ccc(F)cc1NC(=O)C(C)N1CC[C@H](O)C1. The van der Waals surface area contributed by atoms with Crippen molar-refractivity contribution in [3.63, 3.8) is 0 Å². The Kier molecular flexibility index (Phi) is 4.17. The van der Waals surface area contributed by atoms with Gasteiger partial charge in [0.2, 0.25) is 5.91 Å². The lowest BCUT2D eigenvalue weighted by atomic mass is 10.2. The molecular weight excluding hydrogens is 247 g/mol. The molecular formula is C14H19FN2O2. The first-order valence-corrected chi connectivity index (χ1v) is 6.46. The number of β-amino-alcohol motifs (C(OH)–C–C–N with tert-alkyl or cyclic N) is 1. The highest BCUT2D eigenvalue weighted by atomic mass is 19.1. The van der Waals surface area contributed by atoms with Gasteiger partial charge in [0.25, 0.3) is 0 Å². The van der Waals surface area contributed by atoms with Crippen LogP contribution in [0.25, 0.3) is 0 Å². The molecule has 0 bridgehead atoms. The smallest absolute Gasteiger partial charge is 0.241 e. The Labute approximate surface area is 112 Å². The predicted octanol–water partition coefficient (Wildman–Crippen LogP) is 1.53. The fourth-order valence-electron chi connectivity index (χ4n) is 2.25. The standard InChI is InChI=1S/C14H19FN2O2/c1-9-3-4-11(15)7-13(9)16-14(19)10(2)17-6-5-12(18)8-17/h3-4,7,10,12,18H,5-6,8H2,1-2H3,(H,16,19)/t10?,12-/m0/s1. The third-order valence-electron chi connectivity index (χ3n) is 3.58. The van der Waals surface area contributed by atoms with Gasteiger partial charge in [0.1, 0.15) is 5.82 Å². The molecule has 4 nitrogen and oxygen atoms in total. The van der Waals surface area contributed by atoms with Gasteiger partial charge in [0.15, 0.2) is 0 Å². The van der Waals surface area contributed by atoms with Crippen molar-refractivity contribution in [2.75, 3.05) is 18.4 Å². The highest BCUT2D eigenvalue weighted by Crippen LogP contribution is 2.18. The number of aliphatic hydroxyl groups excluding tert-OH is 1. The molecule has 1 heterocycles. The molecule has 0 spiro atoms. The quantitative estimate of drug-likeness (QED) is 0.872. The molecule has 104 valence electrons. The van der Waals surface area contributed by atoms with Gasteiger partial charge in [-0.1, -0.05) is 6.07 Å². The van der Waals surface area contributed by atoms with E-state index < -0.39 is 0 Å². The first-order valence-electron chi connectivity index (χ1n) is 6.46. The molecule has 0 aliphatic carbocycles. The molecule has 0 saturated carbocycles. The van der Waals surface area contributed by atoms with E-state index in [9.17, 15) is 14.3 Å². The summed E-state index contributed by atoms with van der Waals surface area (Å²) >= 11 is 0. The van der Waals surface area contributed by atoms with Crippen LogP contribution in [-0.2, 0) is 4.79 Å². The number of aliphatic hydroxyl groups is 1. The molecule has 1 fully saturated rings. The lowest BCUT2D eigenvalue weighted by Crippen LogP contribution is -2.41. The zero-order chi connectivity index (χ0) is 14.0. The van der Waals surface area contributed by atoms with Gasteiger partial charge in [-0.25, -0.2) is 4.39 Å². The summed E-state index contributed by atoms with van der Waals surface area (Å²) < 4.78 is 13.2. The van der Waals surface area contributed by atoms with Gasteiger partial charge in [-0.05, 0) is 38.0 Å². The first kappa shape index (κ1) is 14.0. The molecule has 1 aromatic rings. The number of nitrogens with zero attached hydrogens (tertiary/aromatic N) is 1. The Balaban J connectivity index is 2.02. The van der Waals surface area contributed by atoms with Gasteiger partial charge in [0, 0.05) is 18.8 Å². The van der Waals surface area contributed by atoms with Gasteiger partial charge in [-0.3, -0.25) is 9.69 Å². The number of aryl methyl sites for hydroxylation is 1. The van der Waals surface area contributed by atoms with Gasteiger partial charge in [-0.15, -0.1) is 0 Å². The molecule has 1 aliphatic heterocycles. The van der Waals surface area contributed by atoms with Crippen molar-refractivity contribution in [1.82, 2.24) is 4.90 Å². The molecule has 2 rings (SSSR count). The molecule has 5 heteroatoms. The molecule has 2 atom stereocenters. The van der Waals surface area contributed by atoms with Crippen LogP contribution in [0.2, 0.25) is 0 Å². The minimum atomic E-state index is -0.370. The Morgan fingerprint density at radius 1 is 1.58 bits per heavy atom. The zero-order valence-electron chi connectivity index (χ0n) is 11.2. The van der Waals surface area contributed by atoms with Crippen LogP contribution in [-0.4, -0.2) is 41.1 Å². The average Bonchev–Trinajstić information content (AvgIpc) is 2.79. The highest BCUT2D eigenvalue weighted by molar-refractivity contribution is 5.95. The van der Waals surface area contributed by atoms with E-state index in [0.717, 1.165) is 5.56 Å². The highest BCUT2D eigenvalue weighted by Gasteiger charge is 2.28. The number of halogens is 1. The van der Waals surface area contributed by atoms with E-state index in [1.54, 1.807) is 13.0 Å². The lowest BCUT2D eigenvalue weighted by Gasteiger charge is -2.23. The van der Waals surface area contributed by atoms with Crippen molar-refractivity contribution in [1.29, 1.82) is 0 Å². The van der Waals surface area contributed by atoms with Crippen LogP contribution in [0.4, 0.5) is 10.1 Å². The second kappa shape index (κ2) is 5.67. The molecule has 19 heavy (non-hydrogen) atoms. The van der Waals surface area contributed by atoms with Crippen molar-refractivity contribution in [3.05, 3.63) is 29.6 Å². The normalized spacial score (nSPS) is 21.4. The van der Waals surface area contributed by atoms with Crippen molar-refractivity contribution >= 4 is 11.6 Å². The van der Waals surface area contributed by atoms with Crippen molar-refractivity contribution in [2.45, 2.75) is 32.4 Å². The third kappa shape index (κ3) is 3.30. The summed E-state index contributed by atoms with van der Waals surface area (Å²) in [6, 6.07) is 3.99. The van der Waals surface area contributed by atoms with Crippen molar-refractivity contribution in [3.8, 4) is 0 Å². The number of benzene rings is 1. The second-order valence-electron chi connectivity index (χ2n) is 5.06. The molecule has 1 saturated heterocycles. The lowest BCUT2D eigenvalue weighted by molar-refractivity contribution is -0.120. The number of nitrogens with one attached hydrogen (secondary N) is 1. The minimum Gasteiger partial charge on any atom is -0.392 e. The minimum absolute atomic E-state index is 0.178. The van der Waals surface area contributed by atoms with Gasteiger partial charge in [0.05, 0.1) is 12.1 Å². The van der Waals surface area contributed by atoms with Crippen LogP contribution < -0.4 is 5.32 Å². The maximum Gasteiger partial charge on any atom is 0.241 e. The fourth-order valence-corrected chi connectivity index (χ4v) is 2.25. The summed E-state index contributed by atoms with van der Waals surface area (Å²) in [5.41, 5.74) is 1.32. The van der Waals surface area contributed by atoms with Crippen LogP contribution in [0.3, 0.4) is 0 Å². The van der Waals surface area contributed by atoms with E-state index in [-0.39, 0.29) is 23.9 Å². The Morgan fingerprint density at radius 3 is 2.95 bits per heavy atom. The zero-order valence-corrected chi connectivity index (χ0v) is 11.2.